The molecule has 1 amide bonds. The molecule has 1 N–H and O–H groups in total. The standard InChI is InChI=1S/C14H13FN4OS/c1-8(2)12-13(21-19-18-12)14(20)17-7-10-4-3-9(6-16)5-11(10)15/h3-5,8H,7H2,1-2H3,(H,17,20). The van der Waals surface area contributed by atoms with E-state index in [0.717, 1.165) is 17.6 Å². The molecule has 0 saturated heterocycles. The molecule has 0 unspecified atom stereocenters. The Morgan fingerprint density at radius 1 is 1.52 bits per heavy atom. The second-order valence-electron chi connectivity index (χ2n) is 4.74. The molecule has 0 aliphatic heterocycles. The first-order valence-corrected chi connectivity index (χ1v) is 7.09. The molecule has 0 aliphatic rings. The average molecular weight is 304 g/mol. The van der Waals surface area contributed by atoms with Crippen LogP contribution in [-0.4, -0.2) is 15.5 Å². The summed E-state index contributed by atoms with van der Waals surface area (Å²) in [5.74, 6) is -0.741. The van der Waals surface area contributed by atoms with Crippen molar-refractivity contribution in [1.82, 2.24) is 14.9 Å². The van der Waals surface area contributed by atoms with Crippen LogP contribution in [-0.2, 0) is 6.54 Å². The SMILES string of the molecule is CC(C)c1nnsc1C(=O)NCc1ccc(C#N)cc1F. The van der Waals surface area contributed by atoms with Crippen LogP contribution in [0.1, 0.15) is 46.3 Å². The summed E-state index contributed by atoms with van der Waals surface area (Å²) in [6.07, 6.45) is 0. The second kappa shape index (κ2) is 6.41. The van der Waals surface area contributed by atoms with Gasteiger partial charge in [0, 0.05) is 12.1 Å². The topological polar surface area (TPSA) is 78.7 Å². The summed E-state index contributed by atoms with van der Waals surface area (Å²) in [5, 5.41) is 15.3. The zero-order valence-electron chi connectivity index (χ0n) is 11.6. The molecule has 0 spiro atoms. The zero-order valence-corrected chi connectivity index (χ0v) is 12.4. The first-order chi connectivity index (χ1) is 10.0. The maximum Gasteiger partial charge on any atom is 0.265 e. The van der Waals surface area contributed by atoms with Gasteiger partial charge in [0.15, 0.2) is 0 Å². The molecule has 1 heterocycles. The van der Waals surface area contributed by atoms with Crippen LogP contribution in [0.4, 0.5) is 4.39 Å². The van der Waals surface area contributed by atoms with Crippen LogP contribution < -0.4 is 5.32 Å². The molecule has 108 valence electrons. The lowest BCUT2D eigenvalue weighted by atomic mass is 10.1. The Labute approximate surface area is 125 Å². The third-order valence-corrected chi connectivity index (χ3v) is 3.63. The van der Waals surface area contributed by atoms with Crippen LogP contribution in [0.3, 0.4) is 0 Å². The molecule has 0 saturated carbocycles. The molecular formula is C14H13FN4OS. The van der Waals surface area contributed by atoms with Crippen LogP contribution >= 0.6 is 11.5 Å². The van der Waals surface area contributed by atoms with Crippen molar-refractivity contribution < 1.29 is 9.18 Å². The minimum Gasteiger partial charge on any atom is -0.347 e. The second-order valence-corrected chi connectivity index (χ2v) is 5.50. The van der Waals surface area contributed by atoms with Gasteiger partial charge in [0.25, 0.3) is 5.91 Å². The molecule has 0 radical (unpaired) electrons. The maximum absolute atomic E-state index is 13.7. The van der Waals surface area contributed by atoms with Gasteiger partial charge in [-0.25, -0.2) is 4.39 Å². The van der Waals surface area contributed by atoms with E-state index in [1.807, 2.05) is 19.9 Å². The fourth-order valence-electron chi connectivity index (χ4n) is 1.75. The molecule has 1 aromatic heterocycles. The number of hydrogen-bond donors (Lipinski definition) is 1. The van der Waals surface area contributed by atoms with Gasteiger partial charge in [0.1, 0.15) is 10.7 Å². The summed E-state index contributed by atoms with van der Waals surface area (Å²) in [5.41, 5.74) is 1.21. The van der Waals surface area contributed by atoms with Crippen molar-refractivity contribution in [3.8, 4) is 6.07 Å². The number of carbonyl (C=O) groups excluding carboxylic acids is 1. The number of benzene rings is 1. The Kier molecular flexibility index (Phi) is 4.60. The van der Waals surface area contributed by atoms with Crippen molar-refractivity contribution in [3.63, 3.8) is 0 Å². The zero-order chi connectivity index (χ0) is 15.4. The minimum atomic E-state index is -0.513. The molecular weight excluding hydrogens is 291 g/mol. The summed E-state index contributed by atoms with van der Waals surface area (Å²) in [7, 11) is 0. The Bertz CT molecular complexity index is 705. The third kappa shape index (κ3) is 3.41. The van der Waals surface area contributed by atoms with Gasteiger partial charge in [-0.2, -0.15) is 5.26 Å². The number of nitrogens with one attached hydrogen (secondary N) is 1. The van der Waals surface area contributed by atoms with E-state index in [4.69, 9.17) is 5.26 Å². The number of carbonyl (C=O) groups is 1. The van der Waals surface area contributed by atoms with Gasteiger partial charge in [-0.1, -0.05) is 24.4 Å². The summed E-state index contributed by atoms with van der Waals surface area (Å²) in [6, 6.07) is 6.01. The van der Waals surface area contributed by atoms with Gasteiger partial charge in [0.05, 0.1) is 17.3 Å². The summed E-state index contributed by atoms with van der Waals surface area (Å²) in [4.78, 5) is 12.5. The number of aromatic nitrogens is 2. The van der Waals surface area contributed by atoms with Gasteiger partial charge in [-0.15, -0.1) is 5.10 Å². The van der Waals surface area contributed by atoms with E-state index in [1.54, 1.807) is 0 Å². The predicted octanol–water partition coefficient (Wildman–Crippen LogP) is 2.60. The molecule has 7 heteroatoms. The van der Waals surface area contributed by atoms with Gasteiger partial charge in [-0.3, -0.25) is 4.79 Å². The molecule has 2 rings (SSSR count). The number of amides is 1. The minimum absolute atomic E-state index is 0.0474. The monoisotopic (exact) mass is 304 g/mol. The van der Waals surface area contributed by atoms with E-state index in [9.17, 15) is 9.18 Å². The van der Waals surface area contributed by atoms with Crippen molar-refractivity contribution in [3.05, 3.63) is 45.7 Å². The third-order valence-electron chi connectivity index (χ3n) is 2.89. The van der Waals surface area contributed by atoms with Crippen molar-refractivity contribution >= 4 is 17.4 Å². The summed E-state index contributed by atoms with van der Waals surface area (Å²) in [6.45, 7) is 3.90. The van der Waals surface area contributed by atoms with E-state index in [1.165, 1.54) is 12.1 Å². The Morgan fingerprint density at radius 3 is 2.90 bits per heavy atom. The van der Waals surface area contributed by atoms with Gasteiger partial charge in [-0.05, 0) is 29.6 Å². The quantitative estimate of drug-likeness (QED) is 0.941. The first kappa shape index (κ1) is 15.1. The fourth-order valence-corrected chi connectivity index (χ4v) is 2.48. The fraction of sp³-hybridized carbons (Fsp3) is 0.286. The van der Waals surface area contributed by atoms with Crippen LogP contribution in [0.2, 0.25) is 0 Å². The summed E-state index contributed by atoms with van der Waals surface area (Å²) >= 11 is 1.02. The van der Waals surface area contributed by atoms with Gasteiger partial charge < -0.3 is 5.32 Å². The molecule has 0 fully saturated rings. The van der Waals surface area contributed by atoms with E-state index >= 15 is 0 Å². The molecule has 5 nitrogen and oxygen atoms in total. The smallest absolute Gasteiger partial charge is 0.265 e. The largest absolute Gasteiger partial charge is 0.347 e. The summed E-state index contributed by atoms with van der Waals surface area (Å²) < 4.78 is 17.5. The van der Waals surface area contributed by atoms with Crippen molar-refractivity contribution in [2.45, 2.75) is 26.3 Å². The van der Waals surface area contributed by atoms with Crippen molar-refractivity contribution in [2.75, 3.05) is 0 Å². The number of hydrogen-bond acceptors (Lipinski definition) is 5. The highest BCUT2D eigenvalue weighted by Crippen LogP contribution is 2.19. The van der Waals surface area contributed by atoms with Crippen LogP contribution in [0.15, 0.2) is 18.2 Å². The van der Waals surface area contributed by atoms with E-state index in [-0.39, 0.29) is 23.9 Å². The van der Waals surface area contributed by atoms with E-state index < -0.39 is 5.82 Å². The van der Waals surface area contributed by atoms with E-state index in [2.05, 4.69) is 14.9 Å². The highest BCUT2D eigenvalue weighted by molar-refractivity contribution is 7.08. The predicted molar refractivity (Wildman–Crippen MR) is 76.3 cm³/mol. The first-order valence-electron chi connectivity index (χ1n) is 6.32. The Morgan fingerprint density at radius 2 is 2.29 bits per heavy atom. The van der Waals surface area contributed by atoms with Crippen molar-refractivity contribution in [1.29, 1.82) is 5.26 Å². The van der Waals surface area contributed by atoms with Gasteiger partial charge >= 0.3 is 0 Å². The lowest BCUT2D eigenvalue weighted by molar-refractivity contribution is 0.0953. The average Bonchev–Trinajstić information content (AvgIpc) is 2.95. The van der Waals surface area contributed by atoms with Crippen LogP contribution in [0.25, 0.3) is 0 Å². The van der Waals surface area contributed by atoms with Gasteiger partial charge in [0.2, 0.25) is 0 Å². The Balaban J connectivity index is 2.08. The molecule has 1 aromatic carbocycles. The van der Waals surface area contributed by atoms with Crippen LogP contribution in [0.5, 0.6) is 0 Å². The number of nitriles is 1. The molecule has 2 aromatic rings. The molecule has 21 heavy (non-hydrogen) atoms. The Hall–Kier alpha value is -2.33. The maximum atomic E-state index is 13.7. The lowest BCUT2D eigenvalue weighted by Crippen LogP contribution is -2.23. The van der Waals surface area contributed by atoms with E-state index in [0.29, 0.717) is 16.1 Å². The highest BCUT2D eigenvalue weighted by atomic mass is 32.1. The number of rotatable bonds is 4. The normalized spacial score (nSPS) is 10.4. The lowest BCUT2D eigenvalue weighted by Gasteiger charge is -2.07. The molecule has 0 atom stereocenters. The van der Waals surface area contributed by atoms with Crippen molar-refractivity contribution in [2.24, 2.45) is 0 Å². The number of nitrogens with zero attached hydrogens (tertiary/aromatic N) is 3. The highest BCUT2D eigenvalue weighted by Gasteiger charge is 2.18. The number of halogens is 1. The van der Waals surface area contributed by atoms with Crippen LogP contribution in [0, 0.1) is 17.1 Å². The molecule has 0 aliphatic carbocycles. The molecule has 0 bridgehead atoms.